The Kier molecular flexibility index (Phi) is 7.83. The Morgan fingerprint density at radius 2 is 1.36 bits per heavy atom. The Balaban J connectivity index is 1.59. The summed E-state index contributed by atoms with van der Waals surface area (Å²) in [6.07, 6.45) is -5.78. The van der Waals surface area contributed by atoms with Gasteiger partial charge >= 0.3 is 23.9 Å². The largest absolute Gasteiger partial charge is 0.463 e. The quantitative estimate of drug-likeness (QED) is 0.310. The summed E-state index contributed by atoms with van der Waals surface area (Å²) in [6.45, 7) is 4.59. The third kappa shape index (κ3) is 5.25. The maximum atomic E-state index is 13.6. The van der Waals surface area contributed by atoms with E-state index >= 15 is 0 Å². The van der Waals surface area contributed by atoms with Crippen LogP contribution in [0.4, 0.5) is 5.69 Å². The minimum absolute atomic E-state index is 0.256. The number of ether oxygens (including phenoxy) is 5. The fraction of sp³-hybridized carbons (Fsp3) is 0.400. The van der Waals surface area contributed by atoms with Gasteiger partial charge in [-0.1, -0.05) is 24.3 Å². The second-order valence-corrected chi connectivity index (χ2v) is 10.2. The van der Waals surface area contributed by atoms with E-state index in [0.29, 0.717) is 39.9 Å². The van der Waals surface area contributed by atoms with Crippen molar-refractivity contribution in [1.29, 1.82) is 0 Å². The van der Waals surface area contributed by atoms with Crippen LogP contribution in [0.2, 0.25) is 0 Å². The molecule has 0 spiro atoms. The molecule has 0 radical (unpaired) electrons. The minimum Gasteiger partial charge on any atom is -0.463 e. The van der Waals surface area contributed by atoms with Gasteiger partial charge in [-0.3, -0.25) is 28.8 Å². The summed E-state index contributed by atoms with van der Waals surface area (Å²) in [5, 5.41) is 0. The zero-order chi connectivity index (χ0) is 30.3. The first-order valence-corrected chi connectivity index (χ1v) is 13.4. The number of ketones is 2. The lowest BCUT2D eigenvalue weighted by Gasteiger charge is -2.47. The molecule has 5 atom stereocenters. The van der Waals surface area contributed by atoms with E-state index in [1.807, 2.05) is 0 Å². The standard InChI is InChI=1S/C30H29NO11/c1-14(32)38-13-23-27(39-15(2)33)28(40-16(3)34)29(41-17(4)35)30(42-23)31-12-11-20-22(31)10-9-21-24(20)26(37)19-8-6-5-7-18(19)25(21)36/h5-10,23,27-30H,11-13H2,1-4H3/t23-,27-,28+,29-,30-/m1/s1. The first-order valence-electron chi connectivity index (χ1n) is 13.4. The molecule has 2 aromatic rings. The molecular formula is C30H29NO11. The molecule has 0 saturated carbocycles. The third-order valence-corrected chi connectivity index (χ3v) is 7.36. The molecule has 0 aromatic heterocycles. The summed E-state index contributed by atoms with van der Waals surface area (Å²) in [5.41, 5.74) is 2.41. The van der Waals surface area contributed by atoms with Gasteiger partial charge in [0.05, 0.1) is 0 Å². The van der Waals surface area contributed by atoms with Gasteiger partial charge < -0.3 is 28.6 Å². The lowest BCUT2D eigenvalue weighted by atomic mass is 9.81. The molecule has 5 rings (SSSR count). The Hall–Kier alpha value is -4.58. The highest BCUT2D eigenvalue weighted by Gasteiger charge is 2.55. The normalized spacial score (nSPS) is 24.2. The lowest BCUT2D eigenvalue weighted by Crippen LogP contribution is -2.66. The molecule has 2 heterocycles. The Labute approximate surface area is 240 Å². The van der Waals surface area contributed by atoms with Crippen LogP contribution in [0, 0.1) is 0 Å². The first-order chi connectivity index (χ1) is 20.0. The number of fused-ring (bicyclic) bond motifs is 4. The van der Waals surface area contributed by atoms with Gasteiger partial charge in [-0.2, -0.15) is 0 Å². The van der Waals surface area contributed by atoms with Crippen molar-refractivity contribution in [3.63, 3.8) is 0 Å². The van der Waals surface area contributed by atoms with Crippen molar-refractivity contribution in [3.8, 4) is 0 Å². The summed E-state index contributed by atoms with van der Waals surface area (Å²) in [4.78, 5) is 76.8. The van der Waals surface area contributed by atoms with Crippen molar-refractivity contribution in [1.82, 2.24) is 0 Å². The molecule has 1 fully saturated rings. The van der Waals surface area contributed by atoms with E-state index in [0.717, 1.165) is 13.8 Å². The topological polar surface area (TPSA) is 152 Å². The molecule has 1 saturated heterocycles. The molecule has 2 aromatic carbocycles. The third-order valence-electron chi connectivity index (χ3n) is 7.36. The van der Waals surface area contributed by atoms with Crippen LogP contribution in [-0.4, -0.2) is 79.2 Å². The van der Waals surface area contributed by atoms with Crippen LogP contribution < -0.4 is 4.90 Å². The number of benzene rings is 2. The van der Waals surface area contributed by atoms with Crippen molar-refractivity contribution < 1.29 is 52.5 Å². The van der Waals surface area contributed by atoms with Crippen LogP contribution in [0.25, 0.3) is 0 Å². The zero-order valence-corrected chi connectivity index (χ0v) is 23.4. The number of esters is 4. The average Bonchev–Trinajstić information content (AvgIpc) is 3.36. The second kappa shape index (κ2) is 11.4. The highest BCUT2D eigenvalue weighted by molar-refractivity contribution is 6.29. The Bertz CT molecular complexity index is 1500. The average molecular weight is 580 g/mol. The Morgan fingerprint density at radius 1 is 0.762 bits per heavy atom. The SMILES string of the molecule is CC(=O)OC[C@H]1O[C@@H](N2CCc3c2ccc2c3C(=O)c3ccccc3C2=O)[C@H](OC(C)=O)[C@@H](OC(C)=O)[C@@H]1OC(C)=O. The molecule has 3 aliphatic rings. The summed E-state index contributed by atoms with van der Waals surface area (Å²) in [6, 6.07) is 9.90. The van der Waals surface area contributed by atoms with E-state index in [4.69, 9.17) is 23.7 Å². The monoisotopic (exact) mass is 579 g/mol. The van der Waals surface area contributed by atoms with Crippen molar-refractivity contribution in [2.45, 2.75) is 64.8 Å². The maximum absolute atomic E-state index is 13.6. The van der Waals surface area contributed by atoms with E-state index in [1.165, 1.54) is 13.8 Å². The van der Waals surface area contributed by atoms with Gasteiger partial charge in [0.2, 0.25) is 0 Å². The molecule has 42 heavy (non-hydrogen) atoms. The molecular weight excluding hydrogens is 550 g/mol. The second-order valence-electron chi connectivity index (χ2n) is 10.2. The van der Waals surface area contributed by atoms with E-state index in [1.54, 1.807) is 41.3 Å². The molecule has 0 bridgehead atoms. The zero-order valence-electron chi connectivity index (χ0n) is 23.4. The molecule has 1 aliphatic carbocycles. The van der Waals surface area contributed by atoms with E-state index in [-0.39, 0.29) is 24.7 Å². The molecule has 12 nitrogen and oxygen atoms in total. The van der Waals surface area contributed by atoms with Gasteiger partial charge in [0.15, 0.2) is 36.1 Å². The lowest BCUT2D eigenvalue weighted by molar-refractivity contribution is -0.252. The van der Waals surface area contributed by atoms with Crippen LogP contribution in [0.5, 0.6) is 0 Å². The number of nitrogens with zero attached hydrogens (tertiary/aromatic N) is 1. The van der Waals surface area contributed by atoms with Crippen molar-refractivity contribution >= 4 is 41.1 Å². The van der Waals surface area contributed by atoms with Crippen LogP contribution in [0.1, 0.15) is 65.1 Å². The number of carbonyl (C=O) groups is 6. The number of carbonyl (C=O) groups excluding carboxylic acids is 6. The molecule has 0 unspecified atom stereocenters. The number of hydrogen-bond donors (Lipinski definition) is 0. The van der Waals surface area contributed by atoms with Gasteiger partial charge in [-0.25, -0.2) is 0 Å². The van der Waals surface area contributed by atoms with Gasteiger partial charge in [-0.05, 0) is 24.1 Å². The van der Waals surface area contributed by atoms with E-state index in [9.17, 15) is 28.8 Å². The summed E-state index contributed by atoms with van der Waals surface area (Å²) >= 11 is 0. The summed E-state index contributed by atoms with van der Waals surface area (Å²) < 4.78 is 28.1. The molecule has 2 aliphatic heterocycles. The van der Waals surface area contributed by atoms with Crippen LogP contribution in [0.15, 0.2) is 36.4 Å². The van der Waals surface area contributed by atoms with Gasteiger partial charge in [0.25, 0.3) is 0 Å². The Morgan fingerprint density at radius 3 is 1.98 bits per heavy atom. The van der Waals surface area contributed by atoms with Crippen molar-refractivity contribution in [2.75, 3.05) is 18.1 Å². The van der Waals surface area contributed by atoms with E-state index in [2.05, 4.69) is 0 Å². The van der Waals surface area contributed by atoms with Crippen molar-refractivity contribution in [2.24, 2.45) is 0 Å². The van der Waals surface area contributed by atoms with Crippen LogP contribution in [-0.2, 0) is 49.3 Å². The van der Waals surface area contributed by atoms with Gasteiger partial charge in [0, 0.05) is 62.2 Å². The summed E-state index contributed by atoms with van der Waals surface area (Å²) in [7, 11) is 0. The minimum atomic E-state index is -1.33. The highest BCUT2D eigenvalue weighted by Crippen LogP contribution is 2.41. The first kappa shape index (κ1) is 28.9. The maximum Gasteiger partial charge on any atom is 0.303 e. The number of hydrogen-bond acceptors (Lipinski definition) is 12. The fourth-order valence-electron chi connectivity index (χ4n) is 5.84. The summed E-state index contributed by atoms with van der Waals surface area (Å²) in [5.74, 6) is -3.33. The van der Waals surface area contributed by atoms with Crippen LogP contribution in [0.3, 0.4) is 0 Å². The highest BCUT2D eigenvalue weighted by atomic mass is 16.7. The van der Waals surface area contributed by atoms with Gasteiger partial charge in [0.1, 0.15) is 12.7 Å². The van der Waals surface area contributed by atoms with Gasteiger partial charge in [-0.15, -0.1) is 0 Å². The van der Waals surface area contributed by atoms with Crippen LogP contribution >= 0.6 is 0 Å². The van der Waals surface area contributed by atoms with E-state index < -0.39 is 54.5 Å². The fourth-order valence-corrected chi connectivity index (χ4v) is 5.84. The number of anilines is 1. The smallest absolute Gasteiger partial charge is 0.303 e. The molecule has 0 amide bonds. The molecule has 0 N–H and O–H groups in total. The van der Waals surface area contributed by atoms with Crippen molar-refractivity contribution in [3.05, 3.63) is 64.2 Å². The molecule has 220 valence electrons. The molecule has 12 heteroatoms. The predicted octanol–water partition coefficient (Wildman–Crippen LogP) is 1.91. The predicted molar refractivity (Wildman–Crippen MR) is 143 cm³/mol. The number of rotatable bonds is 6.